The van der Waals surface area contributed by atoms with Gasteiger partial charge in [0.05, 0.1) is 11.1 Å². The van der Waals surface area contributed by atoms with Gasteiger partial charge in [-0.25, -0.2) is 13.4 Å². The van der Waals surface area contributed by atoms with Gasteiger partial charge in [-0.1, -0.05) is 72.8 Å². The number of anilines is 1. The summed E-state index contributed by atoms with van der Waals surface area (Å²) in [5.41, 5.74) is 4.22. The van der Waals surface area contributed by atoms with Crippen LogP contribution in [0.25, 0.3) is 27.9 Å². The maximum Gasteiger partial charge on any atom is 0.255 e. The second-order valence-corrected chi connectivity index (χ2v) is 8.77. The van der Waals surface area contributed by atoms with Crippen molar-refractivity contribution in [3.8, 4) is 21.8 Å². The Bertz CT molecular complexity index is 1210. The third kappa shape index (κ3) is 4.99. The van der Waals surface area contributed by atoms with Gasteiger partial charge in [0, 0.05) is 22.2 Å². The van der Waals surface area contributed by atoms with Gasteiger partial charge in [0.2, 0.25) is 0 Å². The second-order valence-electron chi connectivity index (χ2n) is 6.34. The van der Waals surface area contributed by atoms with Crippen molar-refractivity contribution in [3.63, 3.8) is 0 Å². The van der Waals surface area contributed by atoms with Crippen LogP contribution in [0.2, 0.25) is 0 Å². The molecule has 0 saturated heterocycles. The van der Waals surface area contributed by atoms with Gasteiger partial charge in [-0.05, 0) is 23.8 Å². The topological polar surface area (TPSA) is 59.1 Å². The number of rotatable bonds is 6. The van der Waals surface area contributed by atoms with Crippen LogP contribution in [0.1, 0.15) is 5.56 Å². The Morgan fingerprint density at radius 2 is 1.45 bits per heavy atom. The lowest BCUT2D eigenvalue weighted by molar-refractivity contribution is 0.609. The summed E-state index contributed by atoms with van der Waals surface area (Å²) in [6, 6.07) is 26.5. The van der Waals surface area contributed by atoms with Crippen LogP contribution in [0.15, 0.2) is 95.7 Å². The molecule has 0 atom stereocenters. The van der Waals surface area contributed by atoms with Crippen LogP contribution >= 0.6 is 11.3 Å². The Morgan fingerprint density at radius 3 is 2.14 bits per heavy atom. The van der Waals surface area contributed by atoms with Gasteiger partial charge in [-0.2, -0.15) is 0 Å². The first-order valence-corrected chi connectivity index (χ1v) is 11.4. The predicted octanol–water partition coefficient (Wildman–Crippen LogP) is 5.89. The lowest BCUT2D eigenvalue weighted by Crippen LogP contribution is -2.08. The Morgan fingerprint density at radius 1 is 0.793 bits per heavy atom. The molecule has 0 radical (unpaired) electrons. The summed E-state index contributed by atoms with van der Waals surface area (Å²) in [6.07, 6.45) is 1.57. The molecule has 3 aromatic carbocycles. The average molecular weight is 419 g/mol. The van der Waals surface area contributed by atoms with Crippen LogP contribution < -0.4 is 4.72 Å². The summed E-state index contributed by atoms with van der Waals surface area (Å²) < 4.78 is 27.1. The lowest BCUT2D eigenvalue weighted by atomic mass is 10.1. The molecular weight excluding hydrogens is 400 g/mol. The van der Waals surface area contributed by atoms with Crippen LogP contribution in [0.4, 0.5) is 5.69 Å². The minimum Gasteiger partial charge on any atom is -0.280 e. The summed E-state index contributed by atoms with van der Waals surface area (Å²) in [5, 5.41) is 4.13. The number of aromatic nitrogens is 1. The Balaban J connectivity index is 1.47. The average Bonchev–Trinajstić information content (AvgIpc) is 3.24. The Kier molecular flexibility index (Phi) is 5.55. The summed E-state index contributed by atoms with van der Waals surface area (Å²) >= 11 is 1.58. The van der Waals surface area contributed by atoms with E-state index in [-0.39, 0.29) is 0 Å². The fourth-order valence-electron chi connectivity index (χ4n) is 2.76. The predicted molar refractivity (Wildman–Crippen MR) is 121 cm³/mol. The number of benzene rings is 3. The molecule has 6 heteroatoms. The molecule has 0 aliphatic rings. The van der Waals surface area contributed by atoms with E-state index in [1.54, 1.807) is 29.5 Å². The molecule has 0 amide bonds. The van der Waals surface area contributed by atoms with E-state index in [0.29, 0.717) is 5.69 Å². The summed E-state index contributed by atoms with van der Waals surface area (Å²) in [4.78, 5) is 4.69. The van der Waals surface area contributed by atoms with E-state index < -0.39 is 10.0 Å². The molecule has 1 aromatic heterocycles. The number of hydrogen-bond donors (Lipinski definition) is 1. The highest BCUT2D eigenvalue weighted by Gasteiger charge is 2.09. The van der Waals surface area contributed by atoms with E-state index in [0.717, 1.165) is 27.4 Å². The van der Waals surface area contributed by atoms with Gasteiger partial charge in [0.15, 0.2) is 0 Å². The number of hydrogen-bond acceptors (Lipinski definition) is 4. The summed E-state index contributed by atoms with van der Waals surface area (Å²) in [6.45, 7) is 0. The minimum absolute atomic E-state index is 0.505. The van der Waals surface area contributed by atoms with Crippen molar-refractivity contribution >= 4 is 33.1 Å². The molecule has 144 valence electrons. The normalized spacial score (nSPS) is 11.6. The first-order chi connectivity index (χ1) is 14.1. The lowest BCUT2D eigenvalue weighted by Gasteiger charge is -2.05. The highest BCUT2D eigenvalue weighted by Crippen LogP contribution is 2.29. The molecule has 0 fully saturated rings. The standard InChI is InChI=1S/C23H18N2O2S2/c26-29(27,16-15-18-7-3-1-4-8-18)25-21-13-11-19(12-14-21)22-17-28-23(24-22)20-9-5-2-6-10-20/h1-17,25H/b16-15+. The molecule has 0 aliphatic carbocycles. The first kappa shape index (κ1) is 19.1. The number of nitrogens with zero attached hydrogens (tertiary/aromatic N) is 1. The molecule has 0 bridgehead atoms. The van der Waals surface area contributed by atoms with Crippen molar-refractivity contribution in [1.82, 2.24) is 4.98 Å². The maximum absolute atomic E-state index is 12.3. The van der Waals surface area contributed by atoms with Crippen LogP contribution in [0, 0.1) is 0 Å². The van der Waals surface area contributed by atoms with Gasteiger partial charge in [-0.15, -0.1) is 11.3 Å². The molecule has 0 unspecified atom stereocenters. The molecule has 29 heavy (non-hydrogen) atoms. The van der Waals surface area contributed by atoms with E-state index >= 15 is 0 Å². The first-order valence-electron chi connectivity index (χ1n) is 8.96. The van der Waals surface area contributed by atoms with Crippen molar-refractivity contribution in [2.45, 2.75) is 0 Å². The number of nitrogens with one attached hydrogen (secondary N) is 1. The third-order valence-electron chi connectivity index (χ3n) is 4.20. The zero-order valence-corrected chi connectivity index (χ0v) is 17.0. The molecule has 0 aliphatic heterocycles. The van der Waals surface area contributed by atoms with Gasteiger partial charge in [0.1, 0.15) is 5.01 Å². The molecular formula is C23H18N2O2S2. The fourth-order valence-corrected chi connectivity index (χ4v) is 4.46. The quantitative estimate of drug-likeness (QED) is 0.425. The zero-order chi connectivity index (χ0) is 20.1. The van der Waals surface area contributed by atoms with Crippen molar-refractivity contribution in [3.05, 3.63) is 101 Å². The number of thiazole rings is 1. The molecule has 1 N–H and O–H groups in total. The molecule has 4 rings (SSSR count). The van der Waals surface area contributed by atoms with Crippen molar-refractivity contribution in [1.29, 1.82) is 0 Å². The molecule has 0 spiro atoms. The fraction of sp³-hybridized carbons (Fsp3) is 0. The monoisotopic (exact) mass is 418 g/mol. The van der Waals surface area contributed by atoms with Crippen LogP contribution in [-0.4, -0.2) is 13.4 Å². The van der Waals surface area contributed by atoms with Gasteiger partial charge in [-0.3, -0.25) is 4.72 Å². The summed E-state index contributed by atoms with van der Waals surface area (Å²) in [7, 11) is -3.59. The van der Waals surface area contributed by atoms with Crippen LogP contribution in [-0.2, 0) is 10.0 Å². The second kappa shape index (κ2) is 8.43. The van der Waals surface area contributed by atoms with Crippen molar-refractivity contribution in [2.75, 3.05) is 4.72 Å². The van der Waals surface area contributed by atoms with E-state index in [1.165, 1.54) is 5.41 Å². The van der Waals surface area contributed by atoms with E-state index in [1.807, 2.05) is 78.2 Å². The maximum atomic E-state index is 12.3. The largest absolute Gasteiger partial charge is 0.280 e. The zero-order valence-electron chi connectivity index (χ0n) is 15.4. The van der Waals surface area contributed by atoms with Crippen molar-refractivity contribution < 1.29 is 8.42 Å². The molecule has 4 nitrogen and oxygen atoms in total. The van der Waals surface area contributed by atoms with Crippen LogP contribution in [0.5, 0.6) is 0 Å². The van der Waals surface area contributed by atoms with E-state index in [4.69, 9.17) is 0 Å². The Labute approximate surface area is 174 Å². The van der Waals surface area contributed by atoms with Gasteiger partial charge >= 0.3 is 0 Å². The molecule has 0 saturated carbocycles. The smallest absolute Gasteiger partial charge is 0.255 e. The van der Waals surface area contributed by atoms with Crippen molar-refractivity contribution in [2.24, 2.45) is 0 Å². The number of sulfonamides is 1. The minimum atomic E-state index is -3.59. The van der Waals surface area contributed by atoms with E-state index in [9.17, 15) is 8.42 Å². The van der Waals surface area contributed by atoms with Gasteiger partial charge in [0.25, 0.3) is 10.0 Å². The Hall–Kier alpha value is -3.22. The van der Waals surface area contributed by atoms with Crippen LogP contribution in [0.3, 0.4) is 0 Å². The molecule has 4 aromatic rings. The SMILES string of the molecule is O=S(=O)(/C=C/c1ccccc1)Nc1ccc(-c2csc(-c3ccccc3)n2)cc1. The highest BCUT2D eigenvalue weighted by atomic mass is 32.2. The summed E-state index contributed by atoms with van der Waals surface area (Å²) in [5.74, 6) is 0. The van der Waals surface area contributed by atoms with E-state index in [2.05, 4.69) is 9.71 Å². The van der Waals surface area contributed by atoms with Gasteiger partial charge < -0.3 is 0 Å². The third-order valence-corrected chi connectivity index (χ3v) is 6.11. The highest BCUT2D eigenvalue weighted by molar-refractivity contribution is 7.95. The molecule has 1 heterocycles.